The lowest BCUT2D eigenvalue weighted by molar-refractivity contribution is 0.322. The van der Waals surface area contributed by atoms with Crippen LogP contribution in [0.2, 0.25) is 0 Å². The number of ether oxygens (including phenoxy) is 1. The van der Waals surface area contributed by atoms with E-state index < -0.39 is 11.2 Å². The molecule has 9 heteroatoms. The zero-order valence-corrected chi connectivity index (χ0v) is 17.9. The van der Waals surface area contributed by atoms with Gasteiger partial charge in [-0.3, -0.25) is 13.9 Å². The molecule has 5 rings (SSSR count). The summed E-state index contributed by atoms with van der Waals surface area (Å²) in [6, 6.07) is 20.9. The molecule has 0 fully saturated rings. The number of hydrogen-bond acceptors (Lipinski definition) is 6. The summed E-state index contributed by atoms with van der Waals surface area (Å²) in [7, 11) is 1.47. The zero-order valence-electron chi connectivity index (χ0n) is 17.9. The monoisotopic (exact) mass is 443 g/mol. The fourth-order valence-electron chi connectivity index (χ4n) is 3.81. The molecule has 0 aliphatic carbocycles. The molecule has 3 aromatic heterocycles. The molecule has 166 valence electrons. The molecule has 33 heavy (non-hydrogen) atoms. The number of methoxy groups -OCH3 is 1. The van der Waals surface area contributed by atoms with Crippen LogP contribution in [0.1, 0.15) is 16.9 Å². The minimum atomic E-state index is -0.475. The summed E-state index contributed by atoms with van der Waals surface area (Å²) >= 11 is 0. The van der Waals surface area contributed by atoms with Crippen LogP contribution in [-0.2, 0) is 19.6 Å². The van der Waals surface area contributed by atoms with Gasteiger partial charge >= 0.3 is 5.69 Å². The van der Waals surface area contributed by atoms with Gasteiger partial charge in [0.25, 0.3) is 11.4 Å². The molecule has 2 aromatic carbocycles. The van der Waals surface area contributed by atoms with Gasteiger partial charge in [0.05, 0.1) is 26.5 Å². The lowest BCUT2D eigenvalue weighted by atomic mass is 10.2. The molecular formula is C24H21N5O4. The molecule has 3 heterocycles. The molecule has 0 atom stereocenters. The zero-order chi connectivity index (χ0) is 22.8. The second-order valence-corrected chi connectivity index (χ2v) is 7.61. The predicted octanol–water partition coefficient (Wildman–Crippen LogP) is 2.50. The first-order valence-corrected chi connectivity index (χ1v) is 10.4. The third kappa shape index (κ3) is 3.96. The fraction of sp³-hybridized carbons (Fsp3) is 0.167. The van der Waals surface area contributed by atoms with Crippen LogP contribution in [0, 0.1) is 0 Å². The molecule has 0 saturated carbocycles. The summed E-state index contributed by atoms with van der Waals surface area (Å²) in [5.74, 6) is 0.614. The van der Waals surface area contributed by atoms with Crippen LogP contribution in [0.4, 0.5) is 0 Å². The molecule has 0 N–H and O–H groups in total. The van der Waals surface area contributed by atoms with Crippen molar-refractivity contribution in [1.82, 2.24) is 23.8 Å². The van der Waals surface area contributed by atoms with Crippen LogP contribution in [0.3, 0.4) is 0 Å². The highest BCUT2D eigenvalue weighted by Crippen LogP contribution is 2.14. The summed E-state index contributed by atoms with van der Waals surface area (Å²) in [5, 5.41) is 3.77. The van der Waals surface area contributed by atoms with Gasteiger partial charge in [-0.1, -0.05) is 60.7 Å². The molecule has 0 saturated heterocycles. The number of benzene rings is 2. The highest BCUT2D eigenvalue weighted by atomic mass is 16.5. The Bertz CT molecular complexity index is 1510. The normalized spacial score (nSPS) is 11.2. The van der Waals surface area contributed by atoms with Gasteiger partial charge in [0.2, 0.25) is 0 Å². The molecule has 0 amide bonds. The van der Waals surface area contributed by atoms with Crippen molar-refractivity contribution in [3.63, 3.8) is 0 Å². The molecule has 0 unspecified atom stereocenters. The molecule has 0 aliphatic heterocycles. The number of imidazole rings is 1. The first-order valence-electron chi connectivity index (χ1n) is 10.4. The Hall–Kier alpha value is -4.40. The van der Waals surface area contributed by atoms with Crippen LogP contribution in [0.15, 0.2) is 87.2 Å². The van der Waals surface area contributed by atoms with Crippen molar-refractivity contribution in [2.75, 3.05) is 7.11 Å². The SMILES string of the molecule is COc1cc(Cn2c(=O)c3c(ncn3Cc3ccccc3)n(Cc3ccccc3)c2=O)on1. The van der Waals surface area contributed by atoms with E-state index in [0.29, 0.717) is 23.5 Å². The predicted molar refractivity (Wildman–Crippen MR) is 121 cm³/mol. The Morgan fingerprint density at radius 1 is 0.879 bits per heavy atom. The third-order valence-corrected chi connectivity index (χ3v) is 5.42. The fourth-order valence-corrected chi connectivity index (χ4v) is 3.81. The van der Waals surface area contributed by atoms with E-state index in [2.05, 4.69) is 10.1 Å². The molecule has 0 radical (unpaired) electrons. The van der Waals surface area contributed by atoms with E-state index in [0.717, 1.165) is 15.7 Å². The Labute approximate surface area is 188 Å². The van der Waals surface area contributed by atoms with Crippen molar-refractivity contribution in [2.45, 2.75) is 19.6 Å². The van der Waals surface area contributed by atoms with Crippen LogP contribution < -0.4 is 16.0 Å². The highest BCUT2D eigenvalue weighted by Gasteiger charge is 2.20. The van der Waals surface area contributed by atoms with E-state index in [1.165, 1.54) is 11.7 Å². The summed E-state index contributed by atoms with van der Waals surface area (Å²) in [5.41, 5.74) is 1.71. The lowest BCUT2D eigenvalue weighted by Gasteiger charge is -2.12. The lowest BCUT2D eigenvalue weighted by Crippen LogP contribution is -2.41. The van der Waals surface area contributed by atoms with Crippen LogP contribution >= 0.6 is 0 Å². The minimum absolute atomic E-state index is 0.0741. The number of hydrogen-bond donors (Lipinski definition) is 0. The maximum atomic E-state index is 13.5. The second kappa shape index (κ2) is 8.62. The van der Waals surface area contributed by atoms with Crippen LogP contribution in [0.5, 0.6) is 5.88 Å². The minimum Gasteiger partial charge on any atom is -0.479 e. The van der Waals surface area contributed by atoms with Crippen molar-refractivity contribution in [2.24, 2.45) is 0 Å². The van der Waals surface area contributed by atoms with E-state index >= 15 is 0 Å². The van der Waals surface area contributed by atoms with Gasteiger partial charge in [0, 0.05) is 12.6 Å². The Morgan fingerprint density at radius 3 is 2.18 bits per heavy atom. The van der Waals surface area contributed by atoms with E-state index in [4.69, 9.17) is 9.26 Å². The average molecular weight is 443 g/mol. The van der Waals surface area contributed by atoms with Crippen molar-refractivity contribution in [3.05, 3.63) is 111 Å². The quantitative estimate of drug-likeness (QED) is 0.383. The standard InChI is InChI=1S/C24H21N5O4/c1-32-20-12-19(33-26-20)15-29-23(30)21-22(25-16-27(21)13-17-8-4-2-5-9-17)28(24(29)31)14-18-10-6-3-7-11-18/h2-12,16H,13-15H2,1H3. The Kier molecular flexibility index (Phi) is 5.35. The smallest absolute Gasteiger partial charge is 0.333 e. The molecule has 0 spiro atoms. The summed E-state index contributed by atoms with van der Waals surface area (Å²) in [6.07, 6.45) is 1.60. The van der Waals surface area contributed by atoms with E-state index in [-0.39, 0.29) is 19.0 Å². The van der Waals surface area contributed by atoms with Crippen LogP contribution in [0.25, 0.3) is 11.2 Å². The van der Waals surface area contributed by atoms with Gasteiger partial charge in [0.1, 0.15) is 0 Å². The maximum Gasteiger partial charge on any atom is 0.333 e. The number of aromatic nitrogens is 5. The maximum absolute atomic E-state index is 13.5. The summed E-state index contributed by atoms with van der Waals surface area (Å²) in [4.78, 5) is 31.4. The molecular weight excluding hydrogens is 422 g/mol. The van der Waals surface area contributed by atoms with Crippen molar-refractivity contribution >= 4 is 11.2 Å². The number of rotatable bonds is 7. The summed E-state index contributed by atoms with van der Waals surface area (Å²) < 4.78 is 14.7. The van der Waals surface area contributed by atoms with Gasteiger partial charge in [0.15, 0.2) is 16.9 Å². The Morgan fingerprint density at radius 2 is 1.55 bits per heavy atom. The van der Waals surface area contributed by atoms with Crippen LogP contribution in [-0.4, -0.2) is 31.0 Å². The first-order chi connectivity index (χ1) is 16.1. The third-order valence-electron chi connectivity index (χ3n) is 5.42. The van der Waals surface area contributed by atoms with Gasteiger partial charge in [-0.05, 0) is 16.3 Å². The van der Waals surface area contributed by atoms with E-state index in [1.54, 1.807) is 17.0 Å². The van der Waals surface area contributed by atoms with Gasteiger partial charge in [-0.25, -0.2) is 9.78 Å². The first kappa shape index (κ1) is 20.5. The number of nitrogens with zero attached hydrogens (tertiary/aromatic N) is 5. The molecule has 0 bridgehead atoms. The molecule has 9 nitrogen and oxygen atoms in total. The van der Waals surface area contributed by atoms with Gasteiger partial charge in [-0.15, -0.1) is 0 Å². The largest absolute Gasteiger partial charge is 0.479 e. The van der Waals surface area contributed by atoms with Gasteiger partial charge < -0.3 is 13.8 Å². The van der Waals surface area contributed by atoms with Crippen molar-refractivity contribution in [3.8, 4) is 5.88 Å². The number of fused-ring (bicyclic) bond motifs is 1. The topological polar surface area (TPSA) is 97.1 Å². The Balaban J connectivity index is 1.68. The second-order valence-electron chi connectivity index (χ2n) is 7.61. The summed E-state index contributed by atoms with van der Waals surface area (Å²) in [6.45, 7) is 0.653. The van der Waals surface area contributed by atoms with Gasteiger partial charge in [-0.2, -0.15) is 0 Å². The molecule has 5 aromatic rings. The van der Waals surface area contributed by atoms with Crippen molar-refractivity contribution in [1.29, 1.82) is 0 Å². The molecule has 0 aliphatic rings. The van der Waals surface area contributed by atoms with E-state index in [1.807, 2.05) is 60.7 Å². The van der Waals surface area contributed by atoms with Crippen molar-refractivity contribution < 1.29 is 9.26 Å². The average Bonchev–Trinajstić information content (AvgIpc) is 3.48. The highest BCUT2D eigenvalue weighted by molar-refractivity contribution is 5.70. The van der Waals surface area contributed by atoms with E-state index in [9.17, 15) is 9.59 Å².